The second-order valence-corrected chi connectivity index (χ2v) is 11.0. The lowest BCUT2D eigenvalue weighted by atomic mass is 9.96. The van der Waals surface area contributed by atoms with Crippen molar-refractivity contribution in [2.24, 2.45) is 5.73 Å². The van der Waals surface area contributed by atoms with Crippen molar-refractivity contribution in [1.82, 2.24) is 0 Å². The first-order valence-corrected chi connectivity index (χ1v) is 14.7. The van der Waals surface area contributed by atoms with Gasteiger partial charge in [-0.15, -0.1) is 0 Å². The van der Waals surface area contributed by atoms with E-state index in [1.165, 1.54) is 0 Å². The van der Waals surface area contributed by atoms with E-state index in [-0.39, 0.29) is 13.2 Å². The number of ether oxygens (including phenoxy) is 8. The molecule has 3 saturated heterocycles. The first-order chi connectivity index (χ1) is 21.0. The van der Waals surface area contributed by atoms with Crippen molar-refractivity contribution in [3.05, 3.63) is 108 Å². The zero-order valence-electron chi connectivity index (χ0n) is 24.1. The Hall–Kier alpha value is -2.74. The van der Waals surface area contributed by atoms with Crippen LogP contribution in [0.4, 0.5) is 0 Å². The molecule has 3 aliphatic heterocycles. The molecule has 10 heteroatoms. The van der Waals surface area contributed by atoms with Gasteiger partial charge in [0.15, 0.2) is 25.1 Å². The summed E-state index contributed by atoms with van der Waals surface area (Å²) in [5.41, 5.74) is 8.49. The van der Waals surface area contributed by atoms with E-state index in [0.29, 0.717) is 13.2 Å². The minimum atomic E-state index is -1.25. The first kappa shape index (κ1) is 30.3. The molecule has 0 aromatic heterocycles. The van der Waals surface area contributed by atoms with Crippen molar-refractivity contribution in [2.45, 2.75) is 81.9 Å². The van der Waals surface area contributed by atoms with Gasteiger partial charge in [0.2, 0.25) is 0 Å². The predicted octanol–water partition coefficient (Wildman–Crippen LogP) is 3.42. The number of nitrogens with two attached hydrogens (primary N) is 1. The van der Waals surface area contributed by atoms with Crippen LogP contribution in [0.1, 0.15) is 29.9 Å². The van der Waals surface area contributed by atoms with Gasteiger partial charge in [0.1, 0.15) is 30.5 Å². The molecule has 3 aromatic rings. The molecule has 0 saturated carbocycles. The van der Waals surface area contributed by atoms with Crippen LogP contribution in [0, 0.1) is 0 Å². The average Bonchev–Trinajstić information content (AvgIpc) is 3.55. The van der Waals surface area contributed by atoms with Crippen LogP contribution in [0.3, 0.4) is 0 Å². The Morgan fingerprint density at radius 1 is 0.767 bits per heavy atom. The summed E-state index contributed by atoms with van der Waals surface area (Å²) in [6.45, 7) is 3.02. The molecule has 0 bridgehead atoms. The summed E-state index contributed by atoms with van der Waals surface area (Å²) in [5, 5.41) is 9.71. The predicted molar refractivity (Wildman–Crippen MR) is 154 cm³/mol. The van der Waals surface area contributed by atoms with E-state index in [4.69, 9.17) is 43.6 Å². The third-order valence-electron chi connectivity index (χ3n) is 7.81. The summed E-state index contributed by atoms with van der Waals surface area (Å²) in [7, 11) is 0. The van der Waals surface area contributed by atoms with Gasteiger partial charge in [-0.1, -0.05) is 91.0 Å². The average molecular weight is 594 g/mol. The number of rotatable bonds is 11. The molecule has 9 unspecified atom stereocenters. The zero-order valence-corrected chi connectivity index (χ0v) is 24.1. The second kappa shape index (κ2) is 14.4. The van der Waals surface area contributed by atoms with Gasteiger partial charge in [-0.3, -0.25) is 0 Å². The smallest absolute Gasteiger partial charge is 0.197 e. The van der Waals surface area contributed by atoms with Crippen LogP contribution in [-0.2, 0) is 51.1 Å². The lowest BCUT2D eigenvalue weighted by molar-refractivity contribution is -0.378. The number of aliphatic hydroxyl groups is 1. The summed E-state index contributed by atoms with van der Waals surface area (Å²) in [6.07, 6.45) is -6.75. The summed E-state index contributed by atoms with van der Waals surface area (Å²) in [4.78, 5) is 0. The van der Waals surface area contributed by atoms with Gasteiger partial charge in [0.05, 0.1) is 32.5 Å². The summed E-state index contributed by atoms with van der Waals surface area (Å²) < 4.78 is 50.2. The Balaban J connectivity index is 1.26. The van der Waals surface area contributed by atoms with E-state index >= 15 is 0 Å². The first-order valence-electron chi connectivity index (χ1n) is 14.7. The standard InChI is InChI=1S/C33H39NO9/c1-21(25-19-39-33(41-25)30(34)35)40-32-29(37-18-23-13-7-3-8-14-23)28(36-17-22-11-5-2-6-12-22)27-26(42-32)20-38-31(43-27)24-15-9-4-10-16-24/h2-16,21,25-33,35H,17-20,34H2,1H3/t21?,25?,26?,27?,28?,29?,30-,31?,32?,33?/m0/s1. The van der Waals surface area contributed by atoms with Crippen LogP contribution < -0.4 is 5.73 Å². The normalized spacial score (nSPS) is 32.2. The van der Waals surface area contributed by atoms with Crippen molar-refractivity contribution < 1.29 is 43.0 Å². The molecule has 0 aliphatic carbocycles. The van der Waals surface area contributed by atoms with Gasteiger partial charge >= 0.3 is 0 Å². The molecule has 3 aromatic carbocycles. The molecule has 0 radical (unpaired) electrons. The van der Waals surface area contributed by atoms with Gasteiger partial charge < -0.3 is 48.7 Å². The Labute approximate surface area is 251 Å². The Kier molecular flexibility index (Phi) is 10.1. The fraction of sp³-hybridized carbons (Fsp3) is 0.455. The third-order valence-corrected chi connectivity index (χ3v) is 7.81. The molecule has 3 N–H and O–H groups in total. The molecule has 0 amide bonds. The summed E-state index contributed by atoms with van der Waals surface area (Å²) in [5.74, 6) is 0. The van der Waals surface area contributed by atoms with Gasteiger partial charge in [-0.2, -0.15) is 0 Å². The molecule has 6 rings (SSSR count). The molecule has 3 heterocycles. The highest BCUT2D eigenvalue weighted by atomic mass is 16.8. The Morgan fingerprint density at radius 3 is 1.98 bits per heavy atom. The molecule has 10 atom stereocenters. The third kappa shape index (κ3) is 7.50. The van der Waals surface area contributed by atoms with E-state index in [9.17, 15) is 5.11 Å². The zero-order chi connectivity index (χ0) is 29.6. The van der Waals surface area contributed by atoms with E-state index in [2.05, 4.69) is 0 Å². The molecule has 10 nitrogen and oxygen atoms in total. The van der Waals surface area contributed by atoms with Gasteiger partial charge in [-0.05, 0) is 18.1 Å². The lowest BCUT2D eigenvalue weighted by Gasteiger charge is -2.49. The number of hydrogen-bond acceptors (Lipinski definition) is 10. The van der Waals surface area contributed by atoms with Gasteiger partial charge in [0.25, 0.3) is 0 Å². The fourth-order valence-electron chi connectivity index (χ4n) is 5.50. The molecule has 3 fully saturated rings. The van der Waals surface area contributed by atoms with Crippen LogP contribution in [0.25, 0.3) is 0 Å². The number of fused-ring (bicyclic) bond motifs is 1. The Morgan fingerprint density at radius 2 is 1.37 bits per heavy atom. The fourth-order valence-corrected chi connectivity index (χ4v) is 5.50. The van der Waals surface area contributed by atoms with Crippen LogP contribution in [0.2, 0.25) is 0 Å². The van der Waals surface area contributed by atoms with Crippen LogP contribution in [0.5, 0.6) is 0 Å². The molecule has 43 heavy (non-hydrogen) atoms. The van der Waals surface area contributed by atoms with Crippen molar-refractivity contribution in [3.63, 3.8) is 0 Å². The largest absolute Gasteiger partial charge is 0.373 e. The van der Waals surface area contributed by atoms with E-state index in [1.54, 1.807) is 0 Å². The van der Waals surface area contributed by atoms with Gasteiger partial charge in [-0.25, -0.2) is 0 Å². The quantitative estimate of drug-likeness (QED) is 0.320. The van der Waals surface area contributed by atoms with E-state index in [1.807, 2.05) is 97.9 Å². The maximum Gasteiger partial charge on any atom is 0.197 e. The molecule has 3 aliphatic rings. The second-order valence-electron chi connectivity index (χ2n) is 11.0. The van der Waals surface area contributed by atoms with Gasteiger partial charge in [0, 0.05) is 5.56 Å². The molecule has 0 spiro atoms. The van der Waals surface area contributed by atoms with Crippen LogP contribution >= 0.6 is 0 Å². The van der Waals surface area contributed by atoms with Crippen molar-refractivity contribution >= 4 is 0 Å². The minimum Gasteiger partial charge on any atom is -0.373 e. The number of hydrogen-bond donors (Lipinski definition) is 2. The Bertz CT molecular complexity index is 1250. The SMILES string of the molecule is CC(OC1OC2COC(c3ccccc3)OC2C(OCc2ccccc2)C1OCc1ccccc1)C1COC([C@@H](N)O)O1. The van der Waals surface area contributed by atoms with Crippen molar-refractivity contribution in [1.29, 1.82) is 0 Å². The van der Waals surface area contributed by atoms with Crippen LogP contribution in [0.15, 0.2) is 91.0 Å². The minimum absolute atomic E-state index is 0.216. The lowest BCUT2D eigenvalue weighted by Crippen LogP contribution is -2.64. The van der Waals surface area contributed by atoms with Crippen LogP contribution in [-0.4, -0.2) is 73.8 Å². The van der Waals surface area contributed by atoms with Crippen molar-refractivity contribution in [3.8, 4) is 0 Å². The maximum atomic E-state index is 9.71. The number of aliphatic hydroxyl groups excluding tert-OH is 1. The molecule has 230 valence electrons. The topological polar surface area (TPSA) is 120 Å². The van der Waals surface area contributed by atoms with Crippen molar-refractivity contribution in [2.75, 3.05) is 13.2 Å². The molecular weight excluding hydrogens is 554 g/mol. The summed E-state index contributed by atoms with van der Waals surface area (Å²) in [6, 6.07) is 29.7. The van der Waals surface area contributed by atoms with E-state index < -0.39 is 61.7 Å². The highest BCUT2D eigenvalue weighted by molar-refractivity contribution is 5.17. The number of benzene rings is 3. The highest BCUT2D eigenvalue weighted by Crippen LogP contribution is 2.38. The summed E-state index contributed by atoms with van der Waals surface area (Å²) >= 11 is 0. The maximum absolute atomic E-state index is 9.71. The van der Waals surface area contributed by atoms with E-state index in [0.717, 1.165) is 16.7 Å². The highest BCUT2D eigenvalue weighted by Gasteiger charge is 2.52. The molecular formula is C33H39NO9. The monoisotopic (exact) mass is 593 g/mol.